The van der Waals surface area contributed by atoms with Gasteiger partial charge in [0.1, 0.15) is 0 Å². The molecule has 1 aliphatic rings. The molecule has 0 radical (unpaired) electrons. The minimum Gasteiger partial charge on any atom is -0.352 e. The molecule has 37 heavy (non-hydrogen) atoms. The molecule has 0 saturated carbocycles. The molecule has 0 bridgehead atoms. The van der Waals surface area contributed by atoms with Crippen molar-refractivity contribution in [2.24, 2.45) is 0 Å². The van der Waals surface area contributed by atoms with Crippen molar-refractivity contribution < 1.29 is 4.79 Å². The summed E-state index contributed by atoms with van der Waals surface area (Å²) in [6.07, 6.45) is 2.09. The van der Waals surface area contributed by atoms with Crippen LogP contribution in [0.15, 0.2) is 85.1 Å². The molecule has 1 aliphatic heterocycles. The molecule has 2 N–H and O–H groups in total. The van der Waals surface area contributed by atoms with Crippen molar-refractivity contribution in [2.45, 2.75) is 32.4 Å². The van der Waals surface area contributed by atoms with E-state index in [1.807, 2.05) is 72.8 Å². The molecule has 0 unspecified atom stereocenters. The van der Waals surface area contributed by atoms with Crippen molar-refractivity contribution in [3.8, 4) is 5.69 Å². The number of halogens is 1. The fourth-order valence-electron chi connectivity index (χ4n) is 5.04. The van der Waals surface area contributed by atoms with Crippen LogP contribution in [0.1, 0.15) is 41.1 Å². The summed E-state index contributed by atoms with van der Waals surface area (Å²) < 4.78 is 2.18. The number of anilines is 1. The molecule has 2 aromatic heterocycles. The number of aryl methyl sites for hydroxylation is 1. The molecule has 6 nitrogen and oxygen atoms in total. The van der Waals surface area contributed by atoms with Gasteiger partial charge in [0.15, 0.2) is 5.11 Å². The van der Waals surface area contributed by atoms with E-state index in [0.29, 0.717) is 23.1 Å². The third kappa shape index (κ3) is 5.10. The number of amides is 1. The number of thiocarbonyl (C=S) groups is 1. The Kier molecular flexibility index (Phi) is 7.26. The number of para-hydroxylation sites is 2. The molecule has 1 fully saturated rings. The first-order valence-corrected chi connectivity index (χ1v) is 13.0. The summed E-state index contributed by atoms with van der Waals surface area (Å²) in [5, 5.41) is 7.74. The van der Waals surface area contributed by atoms with Gasteiger partial charge >= 0.3 is 0 Å². The number of hydrogen-bond acceptors (Lipinski definition) is 3. The fourth-order valence-corrected chi connectivity index (χ4v) is 5.59. The first kappa shape index (κ1) is 25.0. The summed E-state index contributed by atoms with van der Waals surface area (Å²) in [6, 6.07) is 25.1. The van der Waals surface area contributed by atoms with E-state index in [1.165, 1.54) is 0 Å². The van der Waals surface area contributed by atoms with Crippen molar-refractivity contribution in [3.63, 3.8) is 0 Å². The Morgan fingerprint density at radius 3 is 2.51 bits per heavy atom. The highest BCUT2D eigenvalue weighted by Crippen LogP contribution is 2.41. The Morgan fingerprint density at radius 2 is 1.78 bits per heavy atom. The number of hydrogen-bond donors (Lipinski definition) is 2. The monoisotopic (exact) mass is 529 g/mol. The van der Waals surface area contributed by atoms with Crippen molar-refractivity contribution in [3.05, 3.63) is 113 Å². The zero-order valence-electron chi connectivity index (χ0n) is 20.7. The maximum absolute atomic E-state index is 12.8. The maximum atomic E-state index is 12.8. The molecule has 188 valence electrons. The van der Waals surface area contributed by atoms with Crippen LogP contribution >= 0.6 is 23.8 Å². The van der Waals surface area contributed by atoms with Gasteiger partial charge < -0.3 is 20.1 Å². The molecule has 5 rings (SSSR count). The van der Waals surface area contributed by atoms with E-state index in [2.05, 4.69) is 45.0 Å². The van der Waals surface area contributed by atoms with Crippen molar-refractivity contribution >= 4 is 40.5 Å². The average Bonchev–Trinajstić information content (AvgIpc) is 3.38. The van der Waals surface area contributed by atoms with Crippen LogP contribution in [0.2, 0.25) is 5.02 Å². The summed E-state index contributed by atoms with van der Waals surface area (Å²) in [7, 11) is 0. The van der Waals surface area contributed by atoms with Crippen LogP contribution < -0.4 is 10.6 Å². The Morgan fingerprint density at radius 1 is 1.05 bits per heavy atom. The number of pyridine rings is 1. The second-order valence-corrected chi connectivity index (χ2v) is 9.89. The Bertz CT molecular complexity index is 1420. The summed E-state index contributed by atoms with van der Waals surface area (Å²) in [4.78, 5) is 19.5. The third-order valence-corrected chi connectivity index (χ3v) is 7.39. The van der Waals surface area contributed by atoms with E-state index >= 15 is 0 Å². The van der Waals surface area contributed by atoms with Crippen molar-refractivity contribution in [1.82, 2.24) is 19.8 Å². The first-order chi connectivity index (χ1) is 17.9. The molecule has 2 atom stereocenters. The molecule has 8 heteroatoms. The predicted octanol–water partition coefficient (Wildman–Crippen LogP) is 6.14. The first-order valence-electron chi connectivity index (χ1n) is 12.2. The van der Waals surface area contributed by atoms with Crippen LogP contribution in [0, 0.1) is 13.8 Å². The zero-order valence-corrected chi connectivity index (χ0v) is 22.3. The van der Waals surface area contributed by atoms with Gasteiger partial charge in [-0.25, -0.2) is 0 Å². The number of rotatable bonds is 7. The number of carbonyl (C=O) groups excluding carboxylic acids is 1. The van der Waals surface area contributed by atoms with Crippen LogP contribution in [-0.2, 0) is 4.79 Å². The van der Waals surface area contributed by atoms with E-state index in [-0.39, 0.29) is 18.0 Å². The molecule has 3 heterocycles. The Labute approximate surface area is 227 Å². The molecular weight excluding hydrogens is 502 g/mol. The van der Waals surface area contributed by atoms with E-state index < -0.39 is 0 Å². The number of nitrogens with zero attached hydrogens (tertiary/aromatic N) is 3. The predicted molar refractivity (Wildman–Crippen MR) is 152 cm³/mol. The van der Waals surface area contributed by atoms with Crippen LogP contribution in [-0.4, -0.2) is 32.0 Å². The summed E-state index contributed by atoms with van der Waals surface area (Å²) in [5.41, 5.74) is 5.86. The molecule has 2 aromatic carbocycles. The van der Waals surface area contributed by atoms with Crippen LogP contribution in [0.3, 0.4) is 0 Å². The lowest BCUT2D eigenvalue weighted by molar-refractivity contribution is -0.116. The molecule has 4 aromatic rings. The average molecular weight is 530 g/mol. The van der Waals surface area contributed by atoms with E-state index in [0.717, 1.165) is 34.0 Å². The van der Waals surface area contributed by atoms with E-state index in [4.69, 9.17) is 23.8 Å². The van der Waals surface area contributed by atoms with E-state index in [1.54, 1.807) is 6.20 Å². The lowest BCUT2D eigenvalue weighted by atomic mass is 9.96. The normalized spacial score (nSPS) is 17.1. The summed E-state index contributed by atoms with van der Waals surface area (Å²) in [5.74, 6) is -0.0597. The molecular formula is C29H28ClN5OS. The highest BCUT2D eigenvalue weighted by Gasteiger charge is 2.41. The lowest BCUT2D eigenvalue weighted by Gasteiger charge is -2.28. The molecule has 0 aliphatic carbocycles. The molecule has 1 saturated heterocycles. The van der Waals surface area contributed by atoms with Gasteiger partial charge in [-0.2, -0.15) is 0 Å². The highest BCUT2D eigenvalue weighted by atomic mass is 35.5. The summed E-state index contributed by atoms with van der Waals surface area (Å²) in [6.45, 7) is 4.64. The lowest BCUT2D eigenvalue weighted by Crippen LogP contribution is -2.32. The zero-order chi connectivity index (χ0) is 25.9. The highest BCUT2D eigenvalue weighted by molar-refractivity contribution is 7.80. The SMILES string of the molecule is Cc1cc([C@H]2[C@@H](c3ccccn3)NC(=S)N2CCC(=O)Nc2ccccc2)c(C)n1-c1ccccc1Cl. The van der Waals surface area contributed by atoms with Crippen LogP contribution in [0.5, 0.6) is 0 Å². The topological polar surface area (TPSA) is 62.2 Å². The van der Waals surface area contributed by atoms with Crippen molar-refractivity contribution in [1.29, 1.82) is 0 Å². The minimum absolute atomic E-state index is 0.0597. The summed E-state index contributed by atoms with van der Waals surface area (Å²) >= 11 is 12.4. The standard InChI is InChI=1S/C29H28ClN5OS/c1-19-18-22(20(2)35(19)25-14-7-6-12-23(25)30)28-27(24-13-8-9-16-31-24)33-29(37)34(28)17-15-26(36)32-21-10-4-3-5-11-21/h3-14,16,18,27-28H,15,17H2,1-2H3,(H,32,36)(H,33,37)/t27-,28+/m1/s1. The van der Waals surface area contributed by atoms with Crippen LogP contribution in [0.25, 0.3) is 5.69 Å². The van der Waals surface area contributed by atoms with Gasteiger partial charge in [0, 0.05) is 36.2 Å². The largest absolute Gasteiger partial charge is 0.352 e. The van der Waals surface area contributed by atoms with Gasteiger partial charge in [0.2, 0.25) is 5.91 Å². The fraction of sp³-hybridized carbons (Fsp3) is 0.207. The van der Waals surface area contributed by atoms with Crippen LogP contribution in [0.4, 0.5) is 5.69 Å². The van der Waals surface area contributed by atoms with Gasteiger partial charge in [0.05, 0.1) is 28.5 Å². The smallest absolute Gasteiger partial charge is 0.226 e. The van der Waals surface area contributed by atoms with Gasteiger partial charge in [-0.1, -0.05) is 48.0 Å². The Balaban J connectivity index is 1.49. The molecule has 0 spiro atoms. The van der Waals surface area contributed by atoms with E-state index in [9.17, 15) is 4.79 Å². The maximum Gasteiger partial charge on any atom is 0.226 e. The number of benzene rings is 2. The van der Waals surface area contributed by atoms with Crippen molar-refractivity contribution in [2.75, 3.05) is 11.9 Å². The van der Waals surface area contributed by atoms with Gasteiger partial charge in [-0.3, -0.25) is 9.78 Å². The number of nitrogens with one attached hydrogen (secondary N) is 2. The minimum atomic E-state index is -0.161. The third-order valence-electron chi connectivity index (χ3n) is 6.72. The second-order valence-electron chi connectivity index (χ2n) is 9.10. The van der Waals surface area contributed by atoms with Gasteiger partial charge in [-0.05, 0) is 74.1 Å². The van der Waals surface area contributed by atoms with Gasteiger partial charge in [0.25, 0.3) is 0 Å². The number of carbonyl (C=O) groups is 1. The van der Waals surface area contributed by atoms with Gasteiger partial charge in [-0.15, -0.1) is 0 Å². The molecule has 1 amide bonds. The second kappa shape index (κ2) is 10.7. The number of aromatic nitrogens is 2. The Hall–Kier alpha value is -3.68. The quantitative estimate of drug-likeness (QED) is 0.281.